The van der Waals surface area contributed by atoms with Gasteiger partial charge in [-0.2, -0.15) is 0 Å². The predicted molar refractivity (Wildman–Crippen MR) is 96.6 cm³/mol. The molecule has 3 heterocycles. The summed E-state index contributed by atoms with van der Waals surface area (Å²) in [6, 6.07) is 0. The highest BCUT2D eigenvalue weighted by Gasteiger charge is 2.23. The molecular weight excluding hydrogens is 332 g/mol. The Balaban J connectivity index is 0.00000192. The zero-order valence-corrected chi connectivity index (χ0v) is 15.2. The van der Waals surface area contributed by atoms with E-state index >= 15 is 0 Å². The van der Waals surface area contributed by atoms with Gasteiger partial charge in [0.25, 0.3) is 0 Å². The van der Waals surface area contributed by atoms with Crippen molar-refractivity contribution in [3.8, 4) is 0 Å². The van der Waals surface area contributed by atoms with Gasteiger partial charge in [0.2, 0.25) is 0 Å². The average molecular weight is 359 g/mol. The monoisotopic (exact) mass is 358 g/mol. The summed E-state index contributed by atoms with van der Waals surface area (Å²) < 4.78 is 7.83. The van der Waals surface area contributed by atoms with Gasteiger partial charge in [-0.25, -0.2) is 0 Å². The van der Waals surface area contributed by atoms with Crippen molar-refractivity contribution in [3.63, 3.8) is 0 Å². The summed E-state index contributed by atoms with van der Waals surface area (Å²) in [6.45, 7) is 8.67. The number of ether oxygens (including phenoxy) is 1. The van der Waals surface area contributed by atoms with E-state index in [1.807, 2.05) is 17.8 Å². The molecule has 3 rings (SSSR count). The molecule has 7 heteroatoms. The van der Waals surface area contributed by atoms with E-state index < -0.39 is 0 Å². The molecule has 5 nitrogen and oxygen atoms in total. The Morgan fingerprint density at radius 2 is 2.13 bits per heavy atom. The lowest BCUT2D eigenvalue weighted by Crippen LogP contribution is -2.28. The topological polar surface area (TPSA) is 52.0 Å². The summed E-state index contributed by atoms with van der Waals surface area (Å²) in [4.78, 5) is 0. The Kier molecular flexibility index (Phi) is 7.89. The van der Waals surface area contributed by atoms with Gasteiger partial charge in [0.15, 0.2) is 5.16 Å². The smallest absolute Gasteiger partial charge is 0.191 e. The Morgan fingerprint density at radius 3 is 2.83 bits per heavy atom. The lowest BCUT2D eigenvalue weighted by Gasteiger charge is -2.23. The third-order valence-electron chi connectivity index (χ3n) is 4.46. The van der Waals surface area contributed by atoms with Crippen LogP contribution in [0.1, 0.15) is 37.4 Å². The lowest BCUT2D eigenvalue weighted by atomic mass is 9.97. The van der Waals surface area contributed by atoms with Gasteiger partial charge in [-0.05, 0) is 44.7 Å². The lowest BCUT2D eigenvalue weighted by molar-refractivity contribution is 0.0632. The van der Waals surface area contributed by atoms with Crippen LogP contribution in [-0.2, 0) is 11.3 Å². The molecule has 0 aromatic carbocycles. The van der Waals surface area contributed by atoms with E-state index in [-0.39, 0.29) is 12.4 Å². The van der Waals surface area contributed by atoms with Gasteiger partial charge in [-0.15, -0.1) is 29.2 Å². The zero-order valence-electron chi connectivity index (χ0n) is 13.6. The molecule has 0 spiro atoms. The van der Waals surface area contributed by atoms with E-state index in [0.29, 0.717) is 11.8 Å². The maximum atomic E-state index is 5.57. The highest BCUT2D eigenvalue weighted by atomic mass is 35.5. The van der Waals surface area contributed by atoms with Gasteiger partial charge in [0, 0.05) is 24.8 Å². The van der Waals surface area contributed by atoms with Crippen LogP contribution < -0.4 is 5.32 Å². The highest BCUT2D eigenvalue weighted by molar-refractivity contribution is 7.99. The molecule has 0 aliphatic carbocycles. The van der Waals surface area contributed by atoms with Crippen LogP contribution in [0, 0.1) is 5.92 Å². The fraction of sp³-hybridized carbons (Fsp3) is 0.750. The molecule has 0 radical (unpaired) electrons. The van der Waals surface area contributed by atoms with Gasteiger partial charge < -0.3 is 14.6 Å². The quantitative estimate of drug-likeness (QED) is 0.626. The van der Waals surface area contributed by atoms with Crippen LogP contribution in [0.15, 0.2) is 17.8 Å². The van der Waals surface area contributed by atoms with Crippen LogP contribution in [0.3, 0.4) is 0 Å². The number of thioether (sulfide) groups is 1. The fourth-order valence-electron chi connectivity index (χ4n) is 3.22. The van der Waals surface area contributed by atoms with Crippen LogP contribution in [0.4, 0.5) is 0 Å². The highest BCUT2D eigenvalue weighted by Crippen LogP contribution is 2.29. The number of allylic oxidation sites excluding steroid dienone is 1. The second-order valence-corrected chi connectivity index (χ2v) is 7.15. The minimum Gasteiger partial charge on any atom is -0.381 e. The molecule has 1 aromatic heterocycles. The van der Waals surface area contributed by atoms with Crippen LogP contribution in [-0.4, -0.2) is 46.8 Å². The molecule has 2 aliphatic heterocycles. The number of nitrogens with one attached hydrogen (secondary N) is 1. The molecule has 23 heavy (non-hydrogen) atoms. The number of aromatic nitrogens is 3. The molecule has 2 saturated heterocycles. The normalized spacial score (nSPS) is 22.5. The number of nitrogens with zero attached hydrogens (tertiary/aromatic N) is 3. The molecule has 2 fully saturated rings. The van der Waals surface area contributed by atoms with Gasteiger partial charge in [0.05, 0.1) is 6.61 Å². The van der Waals surface area contributed by atoms with Gasteiger partial charge in [-0.1, -0.05) is 17.8 Å². The minimum atomic E-state index is 0. The van der Waals surface area contributed by atoms with Crippen LogP contribution in [0.2, 0.25) is 0 Å². The fourth-order valence-corrected chi connectivity index (χ4v) is 4.29. The molecule has 1 aromatic rings. The van der Waals surface area contributed by atoms with Crippen molar-refractivity contribution in [3.05, 3.63) is 18.5 Å². The molecule has 1 N–H and O–H groups in total. The van der Waals surface area contributed by atoms with E-state index in [4.69, 9.17) is 4.74 Å². The third kappa shape index (κ3) is 4.95. The number of rotatable bonds is 6. The van der Waals surface area contributed by atoms with E-state index in [9.17, 15) is 0 Å². The number of hydrogen-bond donors (Lipinski definition) is 1. The number of hydrogen-bond acceptors (Lipinski definition) is 5. The average Bonchev–Trinajstić information content (AvgIpc) is 2.98. The minimum absolute atomic E-state index is 0. The summed E-state index contributed by atoms with van der Waals surface area (Å²) in [5.74, 6) is 3.39. The second-order valence-electron chi connectivity index (χ2n) is 6.16. The summed E-state index contributed by atoms with van der Waals surface area (Å²) in [5, 5.41) is 13.4. The Bertz CT molecular complexity index is 484. The van der Waals surface area contributed by atoms with Crippen molar-refractivity contribution in [1.29, 1.82) is 0 Å². The van der Waals surface area contributed by atoms with Crippen LogP contribution in [0.5, 0.6) is 0 Å². The first kappa shape index (κ1) is 18.8. The molecule has 2 aliphatic rings. The van der Waals surface area contributed by atoms with Gasteiger partial charge in [0.1, 0.15) is 5.82 Å². The van der Waals surface area contributed by atoms with Crippen molar-refractivity contribution in [2.45, 2.75) is 43.3 Å². The first-order valence-electron chi connectivity index (χ1n) is 8.33. The standard InChI is InChI=1S/C16H26N4OS.ClH/c1-2-9-20-15(14-5-7-17-8-6-14)18-19-16(20)22-12-13-4-3-10-21-11-13;/h2,13-14,17H,1,3-12H2;1H. The predicted octanol–water partition coefficient (Wildman–Crippen LogP) is 2.87. The SMILES string of the molecule is C=CCn1c(SCC2CCCOC2)nnc1C1CCNCC1.Cl. The number of piperidine rings is 1. The Morgan fingerprint density at radius 1 is 1.30 bits per heavy atom. The molecule has 1 unspecified atom stereocenters. The van der Waals surface area contributed by atoms with Crippen molar-refractivity contribution >= 4 is 24.2 Å². The van der Waals surface area contributed by atoms with E-state index in [1.165, 1.54) is 12.8 Å². The van der Waals surface area contributed by atoms with E-state index in [1.54, 1.807) is 0 Å². The van der Waals surface area contributed by atoms with Gasteiger partial charge >= 0.3 is 0 Å². The molecule has 0 saturated carbocycles. The third-order valence-corrected chi connectivity index (χ3v) is 5.66. The summed E-state index contributed by atoms with van der Waals surface area (Å²) in [6.07, 6.45) is 6.70. The van der Waals surface area contributed by atoms with Crippen molar-refractivity contribution in [2.24, 2.45) is 5.92 Å². The largest absolute Gasteiger partial charge is 0.381 e. The van der Waals surface area contributed by atoms with E-state index in [2.05, 4.69) is 26.7 Å². The van der Waals surface area contributed by atoms with E-state index in [0.717, 1.165) is 62.4 Å². The molecule has 0 amide bonds. The first-order valence-corrected chi connectivity index (χ1v) is 9.32. The van der Waals surface area contributed by atoms with Crippen molar-refractivity contribution < 1.29 is 4.74 Å². The van der Waals surface area contributed by atoms with Crippen molar-refractivity contribution in [2.75, 3.05) is 32.1 Å². The molecule has 1 atom stereocenters. The summed E-state index contributed by atoms with van der Waals surface area (Å²) in [5.41, 5.74) is 0. The first-order chi connectivity index (χ1) is 10.9. The Hall–Kier alpha value is -0.560. The van der Waals surface area contributed by atoms with Crippen molar-refractivity contribution in [1.82, 2.24) is 20.1 Å². The molecule has 130 valence electrons. The van der Waals surface area contributed by atoms with Crippen LogP contribution >= 0.6 is 24.2 Å². The van der Waals surface area contributed by atoms with Gasteiger partial charge in [-0.3, -0.25) is 0 Å². The second kappa shape index (κ2) is 9.67. The maximum Gasteiger partial charge on any atom is 0.191 e. The molecule has 0 bridgehead atoms. The van der Waals surface area contributed by atoms with Crippen LogP contribution in [0.25, 0.3) is 0 Å². The Labute approximate surface area is 149 Å². The number of halogens is 1. The zero-order chi connectivity index (χ0) is 15.2. The molecular formula is C16H27ClN4OS. The maximum absolute atomic E-state index is 5.57. The summed E-state index contributed by atoms with van der Waals surface area (Å²) in [7, 11) is 0. The summed E-state index contributed by atoms with van der Waals surface area (Å²) >= 11 is 1.82.